The first-order valence-electron chi connectivity index (χ1n) is 9.55. The van der Waals surface area contributed by atoms with E-state index in [9.17, 15) is 4.39 Å². The summed E-state index contributed by atoms with van der Waals surface area (Å²) in [4.78, 5) is 0. The van der Waals surface area contributed by atoms with E-state index < -0.39 is 0 Å². The Morgan fingerprint density at radius 1 is 0.793 bits per heavy atom. The number of benzene rings is 3. The van der Waals surface area contributed by atoms with Crippen molar-refractivity contribution in [3.63, 3.8) is 0 Å². The zero-order chi connectivity index (χ0) is 19.6. The van der Waals surface area contributed by atoms with Gasteiger partial charge in [0.15, 0.2) is 0 Å². The molecule has 0 saturated heterocycles. The van der Waals surface area contributed by atoms with Crippen LogP contribution in [-0.4, -0.2) is 15.5 Å². The van der Waals surface area contributed by atoms with Crippen LogP contribution in [0.3, 0.4) is 0 Å². The van der Waals surface area contributed by atoms with Crippen LogP contribution in [0.2, 0.25) is 0 Å². The standard InChI is InChI=1S/C24H19FN4/c25-20-11-13-22(14-12-20)29-24(15-23(27-29)18-7-3-1-4-8-18)19-16-26-28(17-19)21-9-5-2-6-10-21/h1-14,16-17,24H,15H2. The monoisotopic (exact) mass is 382 g/mol. The average molecular weight is 382 g/mol. The van der Waals surface area contributed by atoms with Crippen molar-refractivity contribution in [3.05, 3.63) is 114 Å². The number of hydrogen-bond donors (Lipinski definition) is 0. The maximum Gasteiger partial charge on any atom is 0.123 e. The molecule has 0 radical (unpaired) electrons. The van der Waals surface area contributed by atoms with Crippen molar-refractivity contribution in [1.82, 2.24) is 9.78 Å². The van der Waals surface area contributed by atoms with Crippen LogP contribution in [0.1, 0.15) is 23.6 Å². The number of halogens is 1. The van der Waals surface area contributed by atoms with E-state index in [2.05, 4.69) is 17.2 Å². The Kier molecular flexibility index (Phi) is 4.41. The van der Waals surface area contributed by atoms with Gasteiger partial charge in [-0.15, -0.1) is 0 Å². The van der Waals surface area contributed by atoms with Crippen LogP contribution in [0, 0.1) is 5.82 Å². The molecule has 5 heteroatoms. The van der Waals surface area contributed by atoms with Gasteiger partial charge in [0.05, 0.1) is 29.3 Å². The van der Waals surface area contributed by atoms with Crippen LogP contribution in [0.5, 0.6) is 0 Å². The molecule has 1 atom stereocenters. The molecule has 0 amide bonds. The normalized spacial score (nSPS) is 16.1. The molecule has 142 valence electrons. The molecule has 5 rings (SSSR count). The number of hydrogen-bond acceptors (Lipinski definition) is 3. The molecule has 1 aliphatic heterocycles. The van der Waals surface area contributed by atoms with Crippen molar-refractivity contribution in [3.8, 4) is 5.69 Å². The number of aromatic nitrogens is 2. The van der Waals surface area contributed by atoms with Gasteiger partial charge in [0, 0.05) is 18.2 Å². The zero-order valence-corrected chi connectivity index (χ0v) is 15.7. The fourth-order valence-electron chi connectivity index (χ4n) is 3.64. The maximum absolute atomic E-state index is 13.5. The van der Waals surface area contributed by atoms with Crippen LogP contribution >= 0.6 is 0 Å². The lowest BCUT2D eigenvalue weighted by Crippen LogP contribution is -2.18. The molecule has 0 aliphatic carbocycles. The molecule has 0 spiro atoms. The van der Waals surface area contributed by atoms with E-state index in [0.29, 0.717) is 0 Å². The highest BCUT2D eigenvalue weighted by Gasteiger charge is 2.31. The Balaban J connectivity index is 1.52. The molecule has 3 aromatic carbocycles. The third kappa shape index (κ3) is 3.43. The minimum absolute atomic E-state index is 0.00636. The third-order valence-electron chi connectivity index (χ3n) is 5.12. The molecule has 4 aromatic rings. The van der Waals surface area contributed by atoms with Gasteiger partial charge in [-0.05, 0) is 42.0 Å². The van der Waals surface area contributed by atoms with Crippen molar-refractivity contribution in [1.29, 1.82) is 0 Å². The Morgan fingerprint density at radius 3 is 2.21 bits per heavy atom. The summed E-state index contributed by atoms with van der Waals surface area (Å²) >= 11 is 0. The number of nitrogens with zero attached hydrogens (tertiary/aromatic N) is 4. The van der Waals surface area contributed by atoms with E-state index >= 15 is 0 Å². The highest BCUT2D eigenvalue weighted by atomic mass is 19.1. The summed E-state index contributed by atoms with van der Waals surface area (Å²) in [6.45, 7) is 0. The molecule has 1 unspecified atom stereocenters. The van der Waals surface area contributed by atoms with Gasteiger partial charge in [-0.2, -0.15) is 10.2 Å². The lowest BCUT2D eigenvalue weighted by atomic mass is 10.0. The molecule has 0 bridgehead atoms. The predicted molar refractivity (Wildman–Crippen MR) is 113 cm³/mol. The first-order valence-corrected chi connectivity index (χ1v) is 9.55. The van der Waals surface area contributed by atoms with Gasteiger partial charge in [-0.25, -0.2) is 9.07 Å². The molecule has 1 aromatic heterocycles. The van der Waals surface area contributed by atoms with E-state index in [1.165, 1.54) is 12.1 Å². The van der Waals surface area contributed by atoms with Crippen molar-refractivity contribution in [2.45, 2.75) is 12.5 Å². The van der Waals surface area contributed by atoms with Crippen molar-refractivity contribution < 1.29 is 4.39 Å². The topological polar surface area (TPSA) is 33.4 Å². The van der Waals surface area contributed by atoms with Gasteiger partial charge in [0.2, 0.25) is 0 Å². The van der Waals surface area contributed by atoms with Crippen molar-refractivity contribution >= 4 is 11.4 Å². The summed E-state index contributed by atoms with van der Waals surface area (Å²) in [6.07, 6.45) is 4.68. The van der Waals surface area contributed by atoms with Crippen LogP contribution < -0.4 is 5.01 Å². The van der Waals surface area contributed by atoms with E-state index in [-0.39, 0.29) is 11.9 Å². The molecule has 0 saturated carbocycles. The fourth-order valence-corrected chi connectivity index (χ4v) is 3.64. The van der Waals surface area contributed by atoms with Gasteiger partial charge in [-0.1, -0.05) is 48.5 Å². The fraction of sp³-hybridized carbons (Fsp3) is 0.0833. The number of rotatable bonds is 4. The summed E-state index contributed by atoms with van der Waals surface area (Å²) in [5.74, 6) is -0.256. The Hall–Kier alpha value is -3.73. The zero-order valence-electron chi connectivity index (χ0n) is 15.7. The Bertz CT molecular complexity index is 1130. The molecule has 29 heavy (non-hydrogen) atoms. The SMILES string of the molecule is Fc1ccc(N2N=C(c3ccccc3)CC2c2cnn(-c3ccccc3)c2)cc1. The molecular formula is C24H19FN4. The summed E-state index contributed by atoms with van der Waals surface area (Å²) in [5, 5.41) is 11.4. The quantitative estimate of drug-likeness (QED) is 0.476. The summed E-state index contributed by atoms with van der Waals surface area (Å²) in [7, 11) is 0. The molecule has 0 N–H and O–H groups in total. The molecule has 2 heterocycles. The average Bonchev–Trinajstić information content (AvgIpc) is 3.43. The van der Waals surface area contributed by atoms with Gasteiger partial charge in [0.25, 0.3) is 0 Å². The number of anilines is 1. The molecule has 0 fully saturated rings. The number of hydrazone groups is 1. The lowest BCUT2D eigenvalue weighted by Gasteiger charge is -2.22. The molecule has 1 aliphatic rings. The molecule has 4 nitrogen and oxygen atoms in total. The van der Waals surface area contributed by atoms with E-state index in [1.807, 2.05) is 70.6 Å². The molecular weight excluding hydrogens is 363 g/mol. The van der Waals surface area contributed by atoms with Crippen LogP contribution in [0.4, 0.5) is 10.1 Å². The van der Waals surface area contributed by atoms with Crippen molar-refractivity contribution in [2.75, 3.05) is 5.01 Å². The largest absolute Gasteiger partial charge is 0.257 e. The van der Waals surface area contributed by atoms with Gasteiger partial charge < -0.3 is 0 Å². The van der Waals surface area contributed by atoms with E-state index in [0.717, 1.165) is 34.6 Å². The van der Waals surface area contributed by atoms with Gasteiger partial charge >= 0.3 is 0 Å². The number of para-hydroxylation sites is 1. The maximum atomic E-state index is 13.5. The second kappa shape index (κ2) is 7.36. The Morgan fingerprint density at radius 2 is 1.48 bits per heavy atom. The Labute approximate surface area is 168 Å². The second-order valence-corrected chi connectivity index (χ2v) is 7.01. The van der Waals surface area contributed by atoms with Crippen LogP contribution in [0.15, 0.2) is 102 Å². The van der Waals surface area contributed by atoms with Crippen LogP contribution in [0.25, 0.3) is 5.69 Å². The lowest BCUT2D eigenvalue weighted by molar-refractivity contribution is 0.626. The third-order valence-corrected chi connectivity index (χ3v) is 5.12. The van der Waals surface area contributed by atoms with E-state index in [4.69, 9.17) is 5.10 Å². The van der Waals surface area contributed by atoms with Crippen molar-refractivity contribution in [2.24, 2.45) is 5.10 Å². The summed E-state index contributed by atoms with van der Waals surface area (Å²) in [5.41, 5.74) is 5.03. The van der Waals surface area contributed by atoms with Gasteiger partial charge in [-0.3, -0.25) is 5.01 Å². The summed E-state index contributed by atoms with van der Waals surface area (Å²) < 4.78 is 15.3. The van der Waals surface area contributed by atoms with Gasteiger partial charge in [0.1, 0.15) is 5.82 Å². The minimum atomic E-state index is -0.256. The highest BCUT2D eigenvalue weighted by molar-refractivity contribution is 6.03. The first kappa shape index (κ1) is 17.4. The minimum Gasteiger partial charge on any atom is -0.257 e. The summed E-state index contributed by atoms with van der Waals surface area (Å²) in [6, 6.07) is 26.6. The first-order chi connectivity index (χ1) is 14.3. The van der Waals surface area contributed by atoms with E-state index in [1.54, 1.807) is 12.1 Å². The highest BCUT2D eigenvalue weighted by Crippen LogP contribution is 2.36. The smallest absolute Gasteiger partial charge is 0.123 e. The van der Waals surface area contributed by atoms with Crippen LogP contribution in [-0.2, 0) is 0 Å². The predicted octanol–water partition coefficient (Wildman–Crippen LogP) is 5.37. The second-order valence-electron chi connectivity index (χ2n) is 7.01.